The van der Waals surface area contributed by atoms with Crippen molar-refractivity contribution in [1.82, 2.24) is 10.2 Å². The number of carbonyl (C=O) groups is 2. The van der Waals surface area contributed by atoms with Crippen molar-refractivity contribution in [2.75, 3.05) is 24.7 Å². The molecule has 2 fully saturated rings. The summed E-state index contributed by atoms with van der Waals surface area (Å²) in [5.41, 5.74) is -0.806. The highest BCUT2D eigenvalue weighted by atomic mass is 32.2. The minimum absolute atomic E-state index is 0.0928. The molecule has 8 heteroatoms. The van der Waals surface area contributed by atoms with E-state index in [1.165, 1.54) is 24.3 Å². The Hall–Kier alpha value is -1.80. The van der Waals surface area contributed by atoms with Crippen LogP contribution in [0.15, 0.2) is 24.3 Å². The Morgan fingerprint density at radius 1 is 1.39 bits per heavy atom. The first-order valence-electron chi connectivity index (χ1n) is 7.28. The van der Waals surface area contributed by atoms with Gasteiger partial charge in [-0.1, -0.05) is 0 Å². The summed E-state index contributed by atoms with van der Waals surface area (Å²) in [6, 6.07) is 4.92. The minimum Gasteiger partial charge on any atom is -0.491 e. The zero-order valence-electron chi connectivity index (χ0n) is 12.3. The maximum absolute atomic E-state index is 12.8. The lowest BCUT2D eigenvalue weighted by molar-refractivity contribution is -0.131. The topological polar surface area (TPSA) is 78.9 Å². The van der Waals surface area contributed by atoms with Gasteiger partial charge in [0.2, 0.25) is 0 Å². The number of β-amino-alcohol motifs (C(OH)–C–C–N with tert-alkyl or cyclic N) is 1. The maximum atomic E-state index is 12.8. The second-order valence-electron chi connectivity index (χ2n) is 5.65. The van der Waals surface area contributed by atoms with Gasteiger partial charge in [0.1, 0.15) is 29.8 Å². The second-order valence-corrected chi connectivity index (χ2v) is 6.75. The number of imide groups is 1. The van der Waals surface area contributed by atoms with Gasteiger partial charge >= 0.3 is 6.03 Å². The lowest BCUT2D eigenvalue weighted by Crippen LogP contribution is -2.47. The molecule has 0 saturated carbocycles. The van der Waals surface area contributed by atoms with Crippen LogP contribution < -0.4 is 10.1 Å². The van der Waals surface area contributed by atoms with Crippen molar-refractivity contribution < 1.29 is 23.8 Å². The van der Waals surface area contributed by atoms with Crippen LogP contribution in [0.2, 0.25) is 0 Å². The van der Waals surface area contributed by atoms with E-state index in [0.29, 0.717) is 17.9 Å². The number of aliphatic hydroxyl groups is 1. The fraction of sp³-hybridized carbons (Fsp3) is 0.467. The number of amides is 3. The highest BCUT2D eigenvalue weighted by molar-refractivity contribution is 7.99. The van der Waals surface area contributed by atoms with Gasteiger partial charge in [0.05, 0.1) is 6.54 Å². The van der Waals surface area contributed by atoms with Crippen LogP contribution in [0.25, 0.3) is 0 Å². The third kappa shape index (κ3) is 3.28. The predicted molar refractivity (Wildman–Crippen MR) is 82.8 cm³/mol. The summed E-state index contributed by atoms with van der Waals surface area (Å²) in [6.07, 6.45) is -0.403. The third-order valence-electron chi connectivity index (χ3n) is 3.92. The number of nitrogens with zero attached hydrogens (tertiary/aromatic N) is 1. The van der Waals surface area contributed by atoms with E-state index in [-0.39, 0.29) is 24.9 Å². The summed E-state index contributed by atoms with van der Waals surface area (Å²) in [5.74, 6) is 1.14. The summed E-state index contributed by atoms with van der Waals surface area (Å²) in [6.45, 7) is -0.220. The molecule has 2 N–H and O–H groups in total. The second kappa shape index (κ2) is 6.37. The number of halogens is 1. The summed E-state index contributed by atoms with van der Waals surface area (Å²) in [7, 11) is 0. The molecule has 0 aliphatic carbocycles. The summed E-state index contributed by atoms with van der Waals surface area (Å²) >= 11 is 1.63. The molecule has 2 atom stereocenters. The monoisotopic (exact) mass is 340 g/mol. The Balaban J connectivity index is 1.55. The van der Waals surface area contributed by atoms with Crippen molar-refractivity contribution in [2.24, 2.45) is 0 Å². The van der Waals surface area contributed by atoms with E-state index in [2.05, 4.69) is 5.32 Å². The number of hydrogen-bond donors (Lipinski definition) is 2. The van der Waals surface area contributed by atoms with Crippen molar-refractivity contribution >= 4 is 23.7 Å². The van der Waals surface area contributed by atoms with Crippen molar-refractivity contribution in [2.45, 2.75) is 18.1 Å². The average Bonchev–Trinajstić information content (AvgIpc) is 3.08. The van der Waals surface area contributed by atoms with Gasteiger partial charge in [-0.25, -0.2) is 9.18 Å². The fourth-order valence-electron chi connectivity index (χ4n) is 2.66. The quantitative estimate of drug-likeness (QED) is 0.782. The van der Waals surface area contributed by atoms with Gasteiger partial charge < -0.3 is 15.2 Å². The van der Waals surface area contributed by atoms with Crippen LogP contribution in [0.3, 0.4) is 0 Å². The molecule has 23 heavy (non-hydrogen) atoms. The first-order valence-corrected chi connectivity index (χ1v) is 8.44. The highest BCUT2D eigenvalue weighted by Crippen LogP contribution is 2.33. The van der Waals surface area contributed by atoms with Gasteiger partial charge in [-0.2, -0.15) is 11.8 Å². The molecule has 0 aromatic heterocycles. The highest BCUT2D eigenvalue weighted by Gasteiger charge is 2.53. The van der Waals surface area contributed by atoms with E-state index in [0.717, 1.165) is 10.7 Å². The maximum Gasteiger partial charge on any atom is 0.325 e. The summed E-state index contributed by atoms with van der Waals surface area (Å²) in [4.78, 5) is 25.5. The Bertz CT molecular complexity index is 604. The van der Waals surface area contributed by atoms with Crippen molar-refractivity contribution in [1.29, 1.82) is 0 Å². The first-order chi connectivity index (χ1) is 11.0. The fourth-order valence-corrected chi connectivity index (χ4v) is 3.99. The van der Waals surface area contributed by atoms with E-state index < -0.39 is 17.7 Å². The van der Waals surface area contributed by atoms with Crippen molar-refractivity contribution in [3.05, 3.63) is 30.1 Å². The van der Waals surface area contributed by atoms with Crippen LogP contribution in [0, 0.1) is 5.82 Å². The predicted octanol–water partition coefficient (Wildman–Crippen LogP) is 0.993. The van der Waals surface area contributed by atoms with E-state index >= 15 is 0 Å². The molecule has 6 nitrogen and oxygen atoms in total. The Kier molecular flexibility index (Phi) is 4.45. The molecule has 0 unspecified atom stereocenters. The normalized spacial score (nSPS) is 25.0. The third-order valence-corrected chi connectivity index (χ3v) is 5.11. The van der Waals surface area contributed by atoms with E-state index in [1.807, 2.05) is 0 Å². The SMILES string of the molecule is O=C1N[C@]2(CCSC2)C(=O)N1C[C@H](O)COc1ccc(F)cc1. The van der Waals surface area contributed by atoms with Gasteiger partial charge in [-0.15, -0.1) is 0 Å². The molecule has 2 aliphatic rings. The smallest absolute Gasteiger partial charge is 0.325 e. The molecule has 2 saturated heterocycles. The number of rotatable bonds is 5. The van der Waals surface area contributed by atoms with Crippen molar-refractivity contribution in [3.8, 4) is 5.75 Å². The summed E-state index contributed by atoms with van der Waals surface area (Å²) < 4.78 is 18.1. The molecule has 3 rings (SSSR count). The molecular formula is C15H17FN2O4S. The molecule has 0 bridgehead atoms. The van der Waals surface area contributed by atoms with Crippen LogP contribution in [-0.2, 0) is 4.79 Å². The Morgan fingerprint density at radius 3 is 2.78 bits per heavy atom. The van der Waals surface area contributed by atoms with Crippen molar-refractivity contribution in [3.63, 3.8) is 0 Å². The number of carbonyl (C=O) groups excluding carboxylic acids is 2. The molecule has 2 heterocycles. The van der Waals surface area contributed by atoms with Crippen LogP contribution in [0.4, 0.5) is 9.18 Å². The number of thioether (sulfide) groups is 1. The zero-order valence-corrected chi connectivity index (χ0v) is 13.1. The zero-order chi connectivity index (χ0) is 16.4. The van der Waals surface area contributed by atoms with E-state index in [4.69, 9.17) is 4.74 Å². The number of urea groups is 1. The Labute approximate surface area is 137 Å². The number of hydrogen-bond acceptors (Lipinski definition) is 5. The van der Waals surface area contributed by atoms with Gasteiger partial charge in [-0.3, -0.25) is 9.69 Å². The number of nitrogens with one attached hydrogen (secondary N) is 1. The molecule has 1 aromatic rings. The minimum atomic E-state index is -1.01. The van der Waals surface area contributed by atoms with Gasteiger partial charge in [0, 0.05) is 5.75 Å². The molecule has 124 valence electrons. The number of ether oxygens (including phenoxy) is 1. The molecule has 3 amide bonds. The average molecular weight is 340 g/mol. The largest absolute Gasteiger partial charge is 0.491 e. The van der Waals surface area contributed by atoms with Gasteiger partial charge in [-0.05, 0) is 36.4 Å². The van der Waals surface area contributed by atoms with E-state index in [1.54, 1.807) is 11.8 Å². The lowest BCUT2D eigenvalue weighted by Gasteiger charge is -2.21. The summed E-state index contributed by atoms with van der Waals surface area (Å²) in [5, 5.41) is 12.8. The standard InChI is InChI=1S/C15H17FN2O4S/c16-10-1-3-12(4-2-10)22-8-11(19)7-18-13(20)15(17-14(18)21)5-6-23-9-15/h1-4,11,19H,5-9H2,(H,17,21)/t11-,15-/m0/s1. The van der Waals surface area contributed by atoms with Crippen LogP contribution >= 0.6 is 11.8 Å². The molecule has 1 aromatic carbocycles. The van der Waals surface area contributed by atoms with Crippen LogP contribution in [0.5, 0.6) is 5.75 Å². The van der Waals surface area contributed by atoms with Crippen LogP contribution in [0.1, 0.15) is 6.42 Å². The molecule has 0 radical (unpaired) electrons. The molecule has 1 spiro atoms. The van der Waals surface area contributed by atoms with Gasteiger partial charge in [0.25, 0.3) is 5.91 Å². The van der Waals surface area contributed by atoms with Gasteiger partial charge in [0.15, 0.2) is 0 Å². The first kappa shape index (κ1) is 16.1. The molecular weight excluding hydrogens is 323 g/mol. The van der Waals surface area contributed by atoms with Crippen LogP contribution in [-0.4, -0.2) is 58.2 Å². The Morgan fingerprint density at radius 2 is 2.13 bits per heavy atom. The van der Waals surface area contributed by atoms with E-state index in [9.17, 15) is 19.1 Å². The number of benzene rings is 1. The lowest BCUT2D eigenvalue weighted by atomic mass is 9.99. The molecule has 2 aliphatic heterocycles. The number of aliphatic hydroxyl groups excluding tert-OH is 1.